The standard InChI is InChI=1S/C15H28N4O4/c1-4-8(5-2)12(18-7(3)20)11-10(19-15(16)17)6-9(13(11)21)14(22)23/h8-13,21H,4-6H2,1-3H3,(H,18,20)(H,22,23)(H4,16,17,19)/t9-,10+,11?,12?,13+/m0/s1. The number of hydrogen-bond acceptors (Lipinski definition) is 4. The van der Waals surface area contributed by atoms with Crippen LogP contribution in [-0.4, -0.2) is 46.2 Å². The van der Waals surface area contributed by atoms with Crippen molar-refractivity contribution in [3.63, 3.8) is 0 Å². The fourth-order valence-corrected chi connectivity index (χ4v) is 3.70. The molecule has 8 nitrogen and oxygen atoms in total. The number of nitrogens with one attached hydrogen (secondary N) is 3. The molecule has 1 rings (SSSR count). The lowest BCUT2D eigenvalue weighted by molar-refractivity contribution is -0.145. The summed E-state index contributed by atoms with van der Waals surface area (Å²) in [6.07, 6.45) is 0.628. The average molecular weight is 328 g/mol. The van der Waals surface area contributed by atoms with Crippen molar-refractivity contribution in [2.75, 3.05) is 0 Å². The Morgan fingerprint density at radius 3 is 2.30 bits per heavy atom. The molecular formula is C15H28N4O4. The van der Waals surface area contributed by atoms with Crippen LogP contribution >= 0.6 is 0 Å². The van der Waals surface area contributed by atoms with Gasteiger partial charge in [0.15, 0.2) is 5.96 Å². The molecule has 0 aromatic heterocycles. The van der Waals surface area contributed by atoms with Crippen LogP contribution in [0.4, 0.5) is 0 Å². The molecule has 132 valence electrons. The van der Waals surface area contributed by atoms with E-state index >= 15 is 0 Å². The Balaban J connectivity index is 3.17. The zero-order valence-corrected chi connectivity index (χ0v) is 13.9. The molecule has 7 N–H and O–H groups in total. The van der Waals surface area contributed by atoms with Gasteiger partial charge in [0.05, 0.1) is 12.0 Å². The maximum Gasteiger partial charge on any atom is 0.309 e. The second-order valence-electron chi connectivity index (χ2n) is 6.22. The molecule has 0 saturated heterocycles. The Bertz CT molecular complexity index is 453. The van der Waals surface area contributed by atoms with Crippen molar-refractivity contribution in [1.29, 1.82) is 5.41 Å². The van der Waals surface area contributed by atoms with Crippen LogP contribution in [0, 0.1) is 23.2 Å². The quantitative estimate of drug-likeness (QED) is 0.283. The zero-order chi connectivity index (χ0) is 17.7. The third-order valence-electron chi connectivity index (χ3n) is 4.78. The van der Waals surface area contributed by atoms with Crippen molar-refractivity contribution in [3.8, 4) is 0 Å². The topological polar surface area (TPSA) is 149 Å². The number of aliphatic hydroxyl groups excluding tert-OH is 1. The Hall–Kier alpha value is -1.83. The number of carbonyl (C=O) groups is 2. The van der Waals surface area contributed by atoms with Crippen molar-refractivity contribution >= 4 is 17.8 Å². The molecule has 1 aliphatic carbocycles. The fraction of sp³-hybridized carbons (Fsp3) is 0.800. The van der Waals surface area contributed by atoms with Crippen LogP contribution in [0.15, 0.2) is 0 Å². The SMILES string of the molecule is CCC(CC)C(NC(C)=O)C1[C@H](NC(=N)N)C[C@H](C(=O)O)[C@H]1O. The van der Waals surface area contributed by atoms with Gasteiger partial charge >= 0.3 is 5.97 Å². The summed E-state index contributed by atoms with van der Waals surface area (Å²) in [5.41, 5.74) is 5.40. The molecule has 0 aromatic carbocycles. The van der Waals surface area contributed by atoms with Gasteiger partial charge in [-0.3, -0.25) is 15.0 Å². The molecule has 0 aliphatic heterocycles. The highest BCUT2D eigenvalue weighted by Crippen LogP contribution is 2.37. The summed E-state index contributed by atoms with van der Waals surface area (Å²) in [5, 5.41) is 32.9. The van der Waals surface area contributed by atoms with Gasteiger partial charge in [-0.1, -0.05) is 26.7 Å². The number of carbonyl (C=O) groups excluding carboxylic acids is 1. The van der Waals surface area contributed by atoms with Gasteiger partial charge in [-0.2, -0.15) is 0 Å². The first kappa shape index (κ1) is 19.2. The van der Waals surface area contributed by atoms with E-state index < -0.39 is 30.0 Å². The Labute approximate surface area is 136 Å². The van der Waals surface area contributed by atoms with Crippen molar-refractivity contribution in [1.82, 2.24) is 10.6 Å². The van der Waals surface area contributed by atoms with Crippen LogP contribution in [0.3, 0.4) is 0 Å². The van der Waals surface area contributed by atoms with E-state index in [0.717, 1.165) is 12.8 Å². The van der Waals surface area contributed by atoms with E-state index in [1.807, 2.05) is 13.8 Å². The minimum Gasteiger partial charge on any atom is -0.481 e. The highest BCUT2D eigenvalue weighted by molar-refractivity contribution is 5.76. The van der Waals surface area contributed by atoms with Crippen molar-refractivity contribution in [3.05, 3.63) is 0 Å². The molecule has 1 amide bonds. The number of hydrogen-bond donors (Lipinski definition) is 6. The van der Waals surface area contributed by atoms with Crippen molar-refractivity contribution in [2.45, 2.75) is 58.2 Å². The monoisotopic (exact) mass is 328 g/mol. The van der Waals surface area contributed by atoms with E-state index in [0.29, 0.717) is 0 Å². The van der Waals surface area contributed by atoms with Gasteiger partial charge in [-0.25, -0.2) is 0 Å². The average Bonchev–Trinajstić information content (AvgIpc) is 2.74. The van der Waals surface area contributed by atoms with E-state index in [2.05, 4.69) is 10.6 Å². The van der Waals surface area contributed by atoms with Gasteiger partial charge in [0.1, 0.15) is 0 Å². The highest BCUT2D eigenvalue weighted by Gasteiger charge is 2.50. The molecular weight excluding hydrogens is 300 g/mol. The highest BCUT2D eigenvalue weighted by atomic mass is 16.4. The first-order chi connectivity index (χ1) is 10.7. The van der Waals surface area contributed by atoms with E-state index in [-0.39, 0.29) is 30.2 Å². The summed E-state index contributed by atoms with van der Waals surface area (Å²) in [6.45, 7) is 5.39. The molecule has 8 heteroatoms. The molecule has 0 bridgehead atoms. The number of rotatable bonds is 7. The molecule has 2 unspecified atom stereocenters. The summed E-state index contributed by atoms with van der Waals surface area (Å²) in [4.78, 5) is 23.0. The van der Waals surface area contributed by atoms with E-state index in [1.165, 1.54) is 6.92 Å². The summed E-state index contributed by atoms with van der Waals surface area (Å²) < 4.78 is 0. The lowest BCUT2D eigenvalue weighted by Gasteiger charge is -2.36. The predicted molar refractivity (Wildman–Crippen MR) is 85.8 cm³/mol. The molecule has 5 atom stereocenters. The number of nitrogens with two attached hydrogens (primary N) is 1. The minimum absolute atomic E-state index is 0.0994. The summed E-state index contributed by atoms with van der Waals surface area (Å²) in [7, 11) is 0. The Morgan fingerprint density at radius 2 is 1.91 bits per heavy atom. The van der Waals surface area contributed by atoms with Gasteiger partial charge in [0.25, 0.3) is 0 Å². The van der Waals surface area contributed by atoms with Gasteiger partial charge in [0.2, 0.25) is 5.91 Å². The largest absolute Gasteiger partial charge is 0.481 e. The maximum absolute atomic E-state index is 11.6. The second kappa shape index (κ2) is 8.14. The molecule has 1 fully saturated rings. The van der Waals surface area contributed by atoms with Crippen molar-refractivity contribution in [2.24, 2.45) is 23.5 Å². The van der Waals surface area contributed by atoms with E-state index in [1.54, 1.807) is 0 Å². The number of guanidine groups is 1. The molecule has 0 spiro atoms. The summed E-state index contributed by atoms with van der Waals surface area (Å²) in [5.74, 6) is -2.95. The number of aliphatic carboxylic acids is 1. The van der Waals surface area contributed by atoms with Gasteiger partial charge in [0, 0.05) is 24.9 Å². The van der Waals surface area contributed by atoms with Crippen LogP contribution < -0.4 is 16.4 Å². The number of amides is 1. The van der Waals surface area contributed by atoms with Crippen LogP contribution in [0.5, 0.6) is 0 Å². The molecule has 1 saturated carbocycles. The van der Waals surface area contributed by atoms with Crippen LogP contribution in [0.2, 0.25) is 0 Å². The third kappa shape index (κ3) is 4.57. The number of carboxylic acid groups (broad SMARTS) is 1. The normalized spacial score (nSPS) is 28.4. The van der Waals surface area contributed by atoms with Crippen molar-refractivity contribution < 1.29 is 19.8 Å². The minimum atomic E-state index is -1.11. The van der Waals surface area contributed by atoms with Gasteiger partial charge in [-0.05, 0) is 12.3 Å². The van der Waals surface area contributed by atoms with Gasteiger partial charge in [-0.15, -0.1) is 0 Å². The maximum atomic E-state index is 11.6. The second-order valence-corrected chi connectivity index (χ2v) is 6.22. The molecule has 0 heterocycles. The predicted octanol–water partition coefficient (Wildman–Crippen LogP) is -0.139. The first-order valence-corrected chi connectivity index (χ1v) is 8.01. The zero-order valence-electron chi connectivity index (χ0n) is 13.9. The number of aliphatic hydroxyl groups is 1. The first-order valence-electron chi connectivity index (χ1n) is 8.01. The van der Waals surface area contributed by atoms with E-state index in [4.69, 9.17) is 11.1 Å². The molecule has 0 aromatic rings. The molecule has 0 radical (unpaired) electrons. The Kier molecular flexibility index (Phi) is 6.80. The third-order valence-corrected chi connectivity index (χ3v) is 4.78. The van der Waals surface area contributed by atoms with Crippen LogP contribution in [-0.2, 0) is 9.59 Å². The Morgan fingerprint density at radius 1 is 1.35 bits per heavy atom. The lowest BCUT2D eigenvalue weighted by atomic mass is 9.80. The van der Waals surface area contributed by atoms with Crippen LogP contribution in [0.25, 0.3) is 0 Å². The summed E-state index contributed by atoms with van der Waals surface area (Å²) >= 11 is 0. The van der Waals surface area contributed by atoms with E-state index in [9.17, 15) is 19.8 Å². The summed E-state index contributed by atoms with van der Waals surface area (Å²) in [6, 6.07) is -0.847. The molecule has 23 heavy (non-hydrogen) atoms. The lowest BCUT2D eigenvalue weighted by Crippen LogP contribution is -2.54. The van der Waals surface area contributed by atoms with Gasteiger partial charge < -0.3 is 26.6 Å². The van der Waals surface area contributed by atoms with Crippen LogP contribution in [0.1, 0.15) is 40.0 Å². The molecule has 1 aliphatic rings. The fourth-order valence-electron chi connectivity index (χ4n) is 3.70. The smallest absolute Gasteiger partial charge is 0.309 e. The number of carboxylic acids is 1.